The van der Waals surface area contributed by atoms with Crippen molar-refractivity contribution in [2.45, 2.75) is 19.8 Å². The largest absolute Gasteiger partial charge is 0.357 e. The first-order valence-electron chi connectivity index (χ1n) is 11.2. The van der Waals surface area contributed by atoms with E-state index in [0.29, 0.717) is 24.5 Å². The number of aryl methyl sites for hydroxylation is 1. The molecule has 35 heavy (non-hydrogen) atoms. The highest BCUT2D eigenvalue weighted by molar-refractivity contribution is 9.10. The van der Waals surface area contributed by atoms with E-state index in [2.05, 4.69) is 26.3 Å². The maximum absolute atomic E-state index is 14.9. The van der Waals surface area contributed by atoms with Gasteiger partial charge in [-0.05, 0) is 66.9 Å². The van der Waals surface area contributed by atoms with Crippen molar-refractivity contribution in [2.24, 2.45) is 0 Å². The van der Waals surface area contributed by atoms with E-state index in [1.54, 1.807) is 17.9 Å². The third-order valence-corrected chi connectivity index (χ3v) is 6.57. The number of likely N-dealkylation sites (tertiary alicyclic amines) is 1. The highest BCUT2D eigenvalue weighted by atomic mass is 79.9. The van der Waals surface area contributed by atoms with Gasteiger partial charge in [0.15, 0.2) is 0 Å². The maximum Gasteiger partial charge on any atom is 0.274 e. The molecule has 0 bridgehead atoms. The Balaban J connectivity index is 1.44. The number of hydrogen-bond acceptors (Lipinski definition) is 3. The van der Waals surface area contributed by atoms with Crippen LogP contribution in [0.15, 0.2) is 59.1 Å². The predicted octanol–water partition coefficient (Wildman–Crippen LogP) is 6.05. The SMILES string of the molecule is Cc1cc(C(=O)Nc2cc(F)c(C(=N)N3CCCC3)cc2F)n(-c2ccc3cc(Br)ccc3c2)n1. The van der Waals surface area contributed by atoms with Crippen LogP contribution in [-0.2, 0) is 0 Å². The van der Waals surface area contributed by atoms with E-state index in [-0.39, 0.29) is 22.8 Å². The Morgan fingerprint density at radius 1 is 1.00 bits per heavy atom. The summed E-state index contributed by atoms with van der Waals surface area (Å²) in [6, 6.07) is 15.0. The van der Waals surface area contributed by atoms with Crippen molar-refractivity contribution in [3.63, 3.8) is 0 Å². The van der Waals surface area contributed by atoms with E-state index in [9.17, 15) is 13.6 Å². The number of hydrogen-bond donors (Lipinski definition) is 2. The molecule has 1 aliphatic rings. The topological polar surface area (TPSA) is 74.0 Å². The van der Waals surface area contributed by atoms with E-state index < -0.39 is 17.5 Å². The van der Waals surface area contributed by atoms with Gasteiger partial charge in [0.2, 0.25) is 0 Å². The van der Waals surface area contributed by atoms with Crippen molar-refractivity contribution in [1.82, 2.24) is 14.7 Å². The average molecular weight is 538 g/mol. The molecule has 0 spiro atoms. The fraction of sp³-hybridized carbons (Fsp3) is 0.192. The van der Waals surface area contributed by atoms with Crippen LogP contribution in [0.4, 0.5) is 14.5 Å². The van der Waals surface area contributed by atoms with Gasteiger partial charge in [0.1, 0.15) is 23.2 Å². The number of amidine groups is 1. The summed E-state index contributed by atoms with van der Waals surface area (Å²) in [6.07, 6.45) is 1.84. The number of halogens is 3. The van der Waals surface area contributed by atoms with Crippen molar-refractivity contribution in [1.29, 1.82) is 5.41 Å². The molecule has 1 amide bonds. The van der Waals surface area contributed by atoms with Crippen molar-refractivity contribution in [3.8, 4) is 5.69 Å². The highest BCUT2D eigenvalue weighted by Crippen LogP contribution is 2.25. The van der Waals surface area contributed by atoms with Gasteiger partial charge >= 0.3 is 0 Å². The van der Waals surface area contributed by atoms with Crippen molar-refractivity contribution in [3.05, 3.63) is 87.7 Å². The summed E-state index contributed by atoms with van der Waals surface area (Å²) in [4.78, 5) is 14.8. The number of fused-ring (bicyclic) bond motifs is 1. The third-order valence-electron chi connectivity index (χ3n) is 6.08. The Hall–Kier alpha value is -3.59. The lowest BCUT2D eigenvalue weighted by Gasteiger charge is -2.19. The van der Waals surface area contributed by atoms with E-state index in [1.807, 2.05) is 36.4 Å². The highest BCUT2D eigenvalue weighted by Gasteiger charge is 2.23. The van der Waals surface area contributed by atoms with Gasteiger partial charge in [0, 0.05) is 23.6 Å². The summed E-state index contributed by atoms with van der Waals surface area (Å²) in [5.74, 6) is -2.24. The van der Waals surface area contributed by atoms with Gasteiger partial charge in [-0.1, -0.05) is 28.1 Å². The van der Waals surface area contributed by atoms with Crippen molar-refractivity contribution >= 4 is 44.1 Å². The van der Waals surface area contributed by atoms with Gasteiger partial charge in [-0.3, -0.25) is 10.2 Å². The Kier molecular flexibility index (Phi) is 6.10. The number of aromatic nitrogens is 2. The molecule has 0 saturated carbocycles. The first-order valence-corrected chi connectivity index (χ1v) is 12.0. The molecule has 1 fully saturated rings. The van der Waals surface area contributed by atoms with Crippen LogP contribution >= 0.6 is 15.9 Å². The quantitative estimate of drug-likeness (QED) is 0.246. The van der Waals surface area contributed by atoms with E-state index >= 15 is 0 Å². The molecule has 0 atom stereocenters. The van der Waals surface area contributed by atoms with Crippen LogP contribution in [0.25, 0.3) is 16.5 Å². The predicted molar refractivity (Wildman–Crippen MR) is 135 cm³/mol. The van der Waals surface area contributed by atoms with Crippen molar-refractivity contribution in [2.75, 3.05) is 18.4 Å². The van der Waals surface area contributed by atoms with Crippen LogP contribution in [-0.4, -0.2) is 39.5 Å². The number of nitrogens with one attached hydrogen (secondary N) is 2. The minimum absolute atomic E-state index is 0.0474. The second-order valence-electron chi connectivity index (χ2n) is 8.57. The molecule has 1 aromatic heterocycles. The molecule has 1 saturated heterocycles. The zero-order valence-corrected chi connectivity index (χ0v) is 20.5. The standard InChI is InChI=1S/C26H22BrF2N5O/c1-15-10-24(34(32-15)19-7-5-16-11-18(27)6-4-17(16)12-19)26(35)31-23-14-21(28)20(13-22(23)29)25(30)33-8-2-3-9-33/h4-7,10-14,30H,2-3,8-9H2,1H3,(H,31,35). The molecular weight excluding hydrogens is 516 g/mol. The second-order valence-corrected chi connectivity index (χ2v) is 9.48. The van der Waals surface area contributed by atoms with Crippen LogP contribution in [0, 0.1) is 24.0 Å². The fourth-order valence-electron chi connectivity index (χ4n) is 4.32. The summed E-state index contributed by atoms with van der Waals surface area (Å²) in [6.45, 7) is 3.05. The number of anilines is 1. The normalized spacial score (nSPS) is 13.4. The van der Waals surface area contributed by atoms with E-state index in [1.165, 1.54) is 4.68 Å². The van der Waals surface area contributed by atoms with Gasteiger partial charge in [-0.25, -0.2) is 13.5 Å². The van der Waals surface area contributed by atoms with Gasteiger partial charge in [-0.15, -0.1) is 0 Å². The maximum atomic E-state index is 14.9. The Labute approximate surface area is 209 Å². The Bertz CT molecular complexity index is 1480. The molecule has 2 heterocycles. The number of rotatable bonds is 4. The molecule has 2 N–H and O–H groups in total. The second kappa shape index (κ2) is 9.22. The fourth-order valence-corrected chi connectivity index (χ4v) is 4.69. The van der Waals surface area contributed by atoms with Crippen LogP contribution in [0.5, 0.6) is 0 Å². The lowest BCUT2D eigenvalue weighted by Crippen LogP contribution is -2.28. The zero-order chi connectivity index (χ0) is 24.7. The summed E-state index contributed by atoms with van der Waals surface area (Å²) >= 11 is 3.46. The van der Waals surface area contributed by atoms with Crippen LogP contribution in [0.3, 0.4) is 0 Å². The molecule has 0 aliphatic carbocycles. The molecule has 3 aromatic carbocycles. The smallest absolute Gasteiger partial charge is 0.274 e. The first-order chi connectivity index (χ1) is 16.8. The molecular formula is C26H22BrF2N5O. The minimum atomic E-state index is -0.808. The lowest BCUT2D eigenvalue weighted by molar-refractivity contribution is 0.101. The van der Waals surface area contributed by atoms with Crippen molar-refractivity contribution < 1.29 is 13.6 Å². The molecule has 5 rings (SSSR count). The summed E-state index contributed by atoms with van der Waals surface area (Å²) in [5, 5.41) is 17.1. The van der Waals surface area contributed by atoms with Crippen LogP contribution in [0.2, 0.25) is 0 Å². The average Bonchev–Trinajstić information content (AvgIpc) is 3.50. The molecule has 6 nitrogen and oxygen atoms in total. The zero-order valence-electron chi connectivity index (χ0n) is 18.9. The van der Waals surface area contributed by atoms with E-state index in [0.717, 1.165) is 40.2 Å². The summed E-state index contributed by atoms with van der Waals surface area (Å²) < 4.78 is 32.1. The molecule has 4 aromatic rings. The number of carbonyl (C=O) groups is 1. The first kappa shape index (κ1) is 23.2. The van der Waals surface area contributed by atoms with Gasteiger partial charge in [0.25, 0.3) is 5.91 Å². The third kappa shape index (κ3) is 4.55. The summed E-state index contributed by atoms with van der Waals surface area (Å²) in [7, 11) is 0. The van der Waals surface area contributed by atoms with Gasteiger partial charge in [-0.2, -0.15) is 5.10 Å². The molecule has 9 heteroatoms. The monoisotopic (exact) mass is 537 g/mol. The lowest BCUT2D eigenvalue weighted by atomic mass is 10.1. The number of nitrogens with zero attached hydrogens (tertiary/aromatic N) is 3. The summed E-state index contributed by atoms with van der Waals surface area (Å²) in [5.41, 5.74) is 1.05. The van der Waals surface area contributed by atoms with Crippen LogP contribution < -0.4 is 5.32 Å². The van der Waals surface area contributed by atoms with Crippen LogP contribution in [0.1, 0.15) is 34.6 Å². The minimum Gasteiger partial charge on any atom is -0.357 e. The molecule has 0 radical (unpaired) electrons. The molecule has 178 valence electrons. The van der Waals surface area contributed by atoms with Gasteiger partial charge in [0.05, 0.1) is 22.6 Å². The number of carbonyl (C=O) groups excluding carboxylic acids is 1. The Morgan fingerprint density at radius 3 is 2.49 bits per heavy atom. The van der Waals surface area contributed by atoms with E-state index in [4.69, 9.17) is 5.41 Å². The number of benzene rings is 3. The molecule has 1 aliphatic heterocycles. The molecule has 0 unspecified atom stereocenters. The van der Waals surface area contributed by atoms with Gasteiger partial charge < -0.3 is 10.2 Å². The Morgan fingerprint density at radius 2 is 1.71 bits per heavy atom. The number of amides is 1.